The Labute approximate surface area is 209 Å². The summed E-state index contributed by atoms with van der Waals surface area (Å²) in [6, 6.07) is 12.8. The third kappa shape index (κ3) is 4.98. The number of hydrogen-bond donors (Lipinski definition) is 0. The van der Waals surface area contributed by atoms with Gasteiger partial charge in [-0.2, -0.15) is 0 Å². The summed E-state index contributed by atoms with van der Waals surface area (Å²) in [6.45, 7) is 8.80. The molecule has 1 aliphatic heterocycles. The van der Waals surface area contributed by atoms with Crippen molar-refractivity contribution in [3.8, 4) is 11.4 Å². The van der Waals surface area contributed by atoms with Crippen molar-refractivity contribution in [1.29, 1.82) is 0 Å². The number of amides is 1. The lowest BCUT2D eigenvalue weighted by Crippen LogP contribution is -2.39. The number of pyridine rings is 2. The highest BCUT2D eigenvalue weighted by molar-refractivity contribution is 5.85. The molecule has 36 heavy (non-hydrogen) atoms. The van der Waals surface area contributed by atoms with Gasteiger partial charge in [0.2, 0.25) is 0 Å². The summed E-state index contributed by atoms with van der Waals surface area (Å²) in [5.74, 6) is 1.35. The molecule has 1 amide bonds. The third-order valence-electron chi connectivity index (χ3n) is 6.00. The van der Waals surface area contributed by atoms with Crippen molar-refractivity contribution in [1.82, 2.24) is 14.5 Å². The van der Waals surface area contributed by atoms with E-state index >= 15 is 0 Å². The minimum Gasteiger partial charge on any atom is -0.487 e. The fourth-order valence-electron chi connectivity index (χ4n) is 4.21. The Morgan fingerprint density at radius 2 is 1.97 bits per heavy atom. The lowest BCUT2D eigenvalue weighted by Gasteiger charge is -2.29. The maximum Gasteiger partial charge on any atom is 0.410 e. The number of carbonyl (C=O) groups excluding carboxylic acids is 1. The van der Waals surface area contributed by atoms with Crippen LogP contribution in [0.25, 0.3) is 16.7 Å². The van der Waals surface area contributed by atoms with Gasteiger partial charge < -0.3 is 18.8 Å². The van der Waals surface area contributed by atoms with E-state index in [4.69, 9.17) is 13.9 Å². The molecule has 0 saturated carbocycles. The van der Waals surface area contributed by atoms with Gasteiger partial charge in [-0.1, -0.05) is 6.07 Å². The Morgan fingerprint density at radius 3 is 2.69 bits per heavy atom. The zero-order valence-corrected chi connectivity index (χ0v) is 20.9. The van der Waals surface area contributed by atoms with Gasteiger partial charge in [-0.15, -0.1) is 0 Å². The van der Waals surface area contributed by atoms with Crippen LogP contribution in [0.1, 0.15) is 43.4 Å². The van der Waals surface area contributed by atoms with Gasteiger partial charge in [-0.25, -0.2) is 4.79 Å². The van der Waals surface area contributed by atoms with Crippen molar-refractivity contribution < 1.29 is 18.7 Å². The Kier molecular flexibility index (Phi) is 6.04. The zero-order chi connectivity index (χ0) is 25.4. The van der Waals surface area contributed by atoms with Crippen LogP contribution in [0.3, 0.4) is 0 Å². The van der Waals surface area contributed by atoms with Crippen LogP contribution < -0.4 is 10.3 Å². The van der Waals surface area contributed by atoms with Gasteiger partial charge >= 0.3 is 6.09 Å². The molecule has 0 atom stereocenters. The van der Waals surface area contributed by atoms with Crippen molar-refractivity contribution in [2.45, 2.75) is 52.9 Å². The van der Waals surface area contributed by atoms with Crippen LogP contribution in [-0.4, -0.2) is 32.7 Å². The number of carbonyl (C=O) groups is 1. The first-order valence-corrected chi connectivity index (χ1v) is 12.0. The first-order chi connectivity index (χ1) is 17.2. The molecule has 0 radical (unpaired) electrons. The summed E-state index contributed by atoms with van der Waals surface area (Å²) in [4.78, 5) is 31.4. The second-order valence-corrected chi connectivity index (χ2v) is 10.0. The molecule has 0 bridgehead atoms. The SMILES string of the molecule is Cc1ccc(COc2ccn(-c3ccc4c5c(oc4c3)CCN(C(=O)OC(C)(C)C)C5)c(=O)c2)nc1. The topological polar surface area (TPSA) is 86.8 Å². The number of furan rings is 1. The van der Waals surface area contributed by atoms with Gasteiger partial charge in [0.25, 0.3) is 5.56 Å². The fraction of sp³-hybridized carbons (Fsp3) is 0.321. The number of ether oxygens (including phenoxy) is 2. The predicted octanol–water partition coefficient (Wildman–Crippen LogP) is 5.16. The monoisotopic (exact) mass is 487 g/mol. The minimum absolute atomic E-state index is 0.212. The Hall–Kier alpha value is -4.07. The maximum absolute atomic E-state index is 12.8. The molecule has 0 saturated heterocycles. The van der Waals surface area contributed by atoms with Crippen LogP contribution in [0, 0.1) is 6.92 Å². The zero-order valence-electron chi connectivity index (χ0n) is 20.9. The molecule has 4 heterocycles. The number of fused-ring (bicyclic) bond motifs is 3. The quantitative estimate of drug-likeness (QED) is 0.395. The van der Waals surface area contributed by atoms with Crippen molar-refractivity contribution >= 4 is 17.1 Å². The van der Waals surface area contributed by atoms with Crippen molar-refractivity contribution in [2.75, 3.05) is 6.54 Å². The third-order valence-corrected chi connectivity index (χ3v) is 6.00. The molecule has 8 heteroatoms. The Bertz CT molecular complexity index is 1480. The van der Waals surface area contributed by atoms with E-state index in [2.05, 4.69) is 4.98 Å². The molecule has 1 aliphatic rings. The van der Waals surface area contributed by atoms with Crippen LogP contribution in [0.4, 0.5) is 4.79 Å². The first-order valence-electron chi connectivity index (χ1n) is 12.0. The summed E-state index contributed by atoms with van der Waals surface area (Å²) >= 11 is 0. The molecule has 4 aromatic rings. The van der Waals surface area contributed by atoms with E-state index in [1.54, 1.807) is 27.9 Å². The van der Waals surface area contributed by atoms with Crippen molar-refractivity contribution in [3.63, 3.8) is 0 Å². The molecule has 5 rings (SSSR count). The molecule has 0 aliphatic carbocycles. The maximum atomic E-state index is 12.8. The highest BCUT2D eigenvalue weighted by Crippen LogP contribution is 2.32. The molecular formula is C28H29N3O5. The van der Waals surface area contributed by atoms with E-state index in [1.807, 2.05) is 58.0 Å². The standard InChI is InChI=1S/C28H29N3O5/c1-18-5-6-19(29-15-18)17-34-21-9-12-31(26(32)14-21)20-7-8-22-23-16-30(27(33)36-28(2,3)4)11-10-24(23)35-25(22)13-20/h5-9,12-15H,10-11,16-17H2,1-4H3. The summed E-state index contributed by atoms with van der Waals surface area (Å²) in [5, 5.41) is 0.931. The van der Waals surface area contributed by atoms with E-state index in [1.165, 1.54) is 6.07 Å². The second kappa shape index (κ2) is 9.18. The van der Waals surface area contributed by atoms with Gasteiger partial charge in [0, 0.05) is 48.4 Å². The second-order valence-electron chi connectivity index (χ2n) is 10.0. The lowest BCUT2D eigenvalue weighted by molar-refractivity contribution is 0.0220. The summed E-state index contributed by atoms with van der Waals surface area (Å²) in [7, 11) is 0. The average Bonchev–Trinajstić information content (AvgIpc) is 3.19. The number of rotatable bonds is 4. The highest BCUT2D eigenvalue weighted by Gasteiger charge is 2.29. The van der Waals surface area contributed by atoms with Crippen LogP contribution >= 0.6 is 0 Å². The largest absolute Gasteiger partial charge is 0.487 e. The molecule has 186 valence electrons. The number of aromatic nitrogens is 2. The van der Waals surface area contributed by atoms with Crippen LogP contribution in [0.2, 0.25) is 0 Å². The first kappa shape index (κ1) is 23.7. The minimum atomic E-state index is -0.545. The van der Waals surface area contributed by atoms with E-state index < -0.39 is 5.60 Å². The summed E-state index contributed by atoms with van der Waals surface area (Å²) in [5.41, 5.74) is 3.47. The predicted molar refractivity (Wildman–Crippen MR) is 135 cm³/mol. The molecule has 0 unspecified atom stereocenters. The number of benzene rings is 1. The Balaban J connectivity index is 1.34. The molecule has 3 aromatic heterocycles. The Morgan fingerprint density at radius 1 is 1.14 bits per heavy atom. The summed E-state index contributed by atoms with van der Waals surface area (Å²) < 4.78 is 18.9. The van der Waals surface area contributed by atoms with Gasteiger partial charge in [0.1, 0.15) is 29.3 Å². The lowest BCUT2D eigenvalue weighted by atomic mass is 10.0. The molecule has 0 N–H and O–H groups in total. The normalized spacial score (nSPS) is 13.5. The van der Waals surface area contributed by atoms with Gasteiger partial charge in [0.15, 0.2) is 0 Å². The number of nitrogens with zero attached hydrogens (tertiary/aromatic N) is 3. The van der Waals surface area contributed by atoms with Crippen LogP contribution in [-0.2, 0) is 24.3 Å². The van der Waals surface area contributed by atoms with Gasteiger partial charge in [0.05, 0.1) is 17.9 Å². The van der Waals surface area contributed by atoms with Crippen LogP contribution in [0.5, 0.6) is 5.75 Å². The average molecular weight is 488 g/mol. The molecule has 0 spiro atoms. The molecule has 8 nitrogen and oxygen atoms in total. The van der Waals surface area contributed by atoms with E-state index in [9.17, 15) is 9.59 Å². The van der Waals surface area contributed by atoms with Crippen LogP contribution in [0.15, 0.2) is 64.1 Å². The molecular weight excluding hydrogens is 458 g/mol. The van der Waals surface area contributed by atoms with E-state index in [0.29, 0.717) is 36.5 Å². The van der Waals surface area contributed by atoms with E-state index in [0.717, 1.165) is 28.0 Å². The fourth-order valence-corrected chi connectivity index (χ4v) is 4.21. The van der Waals surface area contributed by atoms with Gasteiger partial charge in [-0.05, 0) is 57.5 Å². The molecule has 1 aromatic carbocycles. The highest BCUT2D eigenvalue weighted by atomic mass is 16.6. The smallest absolute Gasteiger partial charge is 0.410 e. The number of aryl methyl sites for hydroxylation is 1. The van der Waals surface area contributed by atoms with Crippen molar-refractivity contribution in [3.05, 3.63) is 87.8 Å². The molecule has 0 fully saturated rings. The number of hydrogen-bond acceptors (Lipinski definition) is 6. The van der Waals surface area contributed by atoms with Crippen molar-refractivity contribution in [2.24, 2.45) is 0 Å². The van der Waals surface area contributed by atoms with Gasteiger partial charge in [-0.3, -0.25) is 14.3 Å². The van der Waals surface area contributed by atoms with E-state index in [-0.39, 0.29) is 18.3 Å². The summed E-state index contributed by atoms with van der Waals surface area (Å²) in [6.07, 6.45) is 3.76.